The number of rotatable bonds is 5. The smallest absolute Gasteiger partial charge is 0.317 e. The second-order valence-electron chi connectivity index (χ2n) is 7.77. The minimum absolute atomic E-state index is 0.125. The summed E-state index contributed by atoms with van der Waals surface area (Å²) in [4.78, 5) is 19.0. The van der Waals surface area contributed by atoms with E-state index in [4.69, 9.17) is 0 Å². The topological polar surface area (TPSA) is 50.2 Å². The summed E-state index contributed by atoms with van der Waals surface area (Å²) in [5, 5.41) is 2.86. The number of hydrogen-bond donors (Lipinski definition) is 1. The molecule has 144 valence electrons. The molecule has 0 radical (unpaired) electrons. The highest BCUT2D eigenvalue weighted by molar-refractivity contribution is 5.74. The highest BCUT2D eigenvalue weighted by Crippen LogP contribution is 2.31. The molecule has 27 heavy (non-hydrogen) atoms. The second-order valence-corrected chi connectivity index (χ2v) is 7.77. The van der Waals surface area contributed by atoms with Gasteiger partial charge in [0.2, 0.25) is 0 Å². The summed E-state index contributed by atoms with van der Waals surface area (Å²) < 4.78 is 16.0. The highest BCUT2D eigenvalue weighted by Gasteiger charge is 2.28. The molecule has 1 aliphatic heterocycles. The molecule has 2 heterocycles. The maximum Gasteiger partial charge on any atom is 0.317 e. The van der Waals surface area contributed by atoms with Gasteiger partial charge in [-0.05, 0) is 37.7 Å². The van der Waals surface area contributed by atoms with Crippen LogP contribution < -0.4 is 5.32 Å². The van der Waals surface area contributed by atoms with Crippen molar-refractivity contribution in [3.05, 3.63) is 53.9 Å². The van der Waals surface area contributed by atoms with Gasteiger partial charge in [0.15, 0.2) is 0 Å². The number of aromatic nitrogens is 2. The Morgan fingerprint density at radius 1 is 1.22 bits per heavy atom. The maximum atomic E-state index is 13.7. The predicted octanol–water partition coefficient (Wildman–Crippen LogP) is 3.91. The minimum Gasteiger partial charge on any atom is -0.334 e. The van der Waals surface area contributed by atoms with Gasteiger partial charge in [0.25, 0.3) is 0 Å². The molecule has 1 aromatic carbocycles. The first-order valence-electron chi connectivity index (χ1n) is 9.98. The van der Waals surface area contributed by atoms with Gasteiger partial charge in [-0.25, -0.2) is 14.2 Å². The van der Waals surface area contributed by atoms with Crippen LogP contribution in [0, 0.1) is 11.7 Å². The van der Waals surface area contributed by atoms with Gasteiger partial charge in [0.1, 0.15) is 11.6 Å². The first-order valence-corrected chi connectivity index (χ1v) is 9.98. The van der Waals surface area contributed by atoms with E-state index in [-0.39, 0.29) is 24.3 Å². The average Bonchev–Trinajstić information content (AvgIpc) is 3.12. The second kappa shape index (κ2) is 8.11. The Kier molecular flexibility index (Phi) is 5.41. The van der Waals surface area contributed by atoms with Gasteiger partial charge in [-0.1, -0.05) is 24.6 Å². The number of amides is 2. The maximum absolute atomic E-state index is 13.7. The van der Waals surface area contributed by atoms with Crippen molar-refractivity contribution >= 4 is 6.03 Å². The fourth-order valence-corrected chi connectivity index (χ4v) is 4.09. The lowest BCUT2D eigenvalue weighted by molar-refractivity contribution is 0.176. The van der Waals surface area contributed by atoms with Crippen LogP contribution in [0.2, 0.25) is 0 Å². The van der Waals surface area contributed by atoms with E-state index >= 15 is 0 Å². The number of urea groups is 1. The molecule has 1 aliphatic carbocycles. The fourth-order valence-electron chi connectivity index (χ4n) is 4.09. The first-order chi connectivity index (χ1) is 13.2. The SMILES string of the molecule is O=C(NCc1ccccc1F)N1CCC[C@@H](c2nccn2CC2CCC2)C1. The number of imidazole rings is 1. The fraction of sp³-hybridized carbons (Fsp3) is 0.524. The van der Waals surface area contributed by atoms with E-state index in [1.165, 1.54) is 25.3 Å². The summed E-state index contributed by atoms with van der Waals surface area (Å²) in [6.45, 7) is 2.67. The average molecular weight is 370 g/mol. The van der Waals surface area contributed by atoms with Crippen molar-refractivity contribution in [1.29, 1.82) is 0 Å². The molecule has 1 atom stereocenters. The van der Waals surface area contributed by atoms with Gasteiger partial charge in [-0.15, -0.1) is 0 Å². The van der Waals surface area contributed by atoms with Crippen molar-refractivity contribution in [3.8, 4) is 0 Å². The summed E-state index contributed by atoms with van der Waals surface area (Å²) in [6, 6.07) is 6.43. The van der Waals surface area contributed by atoms with Crippen molar-refractivity contribution in [3.63, 3.8) is 0 Å². The number of benzene rings is 1. The number of piperidine rings is 1. The zero-order chi connectivity index (χ0) is 18.6. The van der Waals surface area contributed by atoms with E-state index in [1.54, 1.807) is 18.2 Å². The van der Waals surface area contributed by atoms with E-state index in [1.807, 2.05) is 11.1 Å². The van der Waals surface area contributed by atoms with Gasteiger partial charge in [-0.3, -0.25) is 0 Å². The van der Waals surface area contributed by atoms with Crippen LogP contribution in [0.1, 0.15) is 49.4 Å². The molecule has 1 N–H and O–H groups in total. The Bertz CT molecular complexity index is 786. The van der Waals surface area contributed by atoms with E-state index < -0.39 is 0 Å². The molecule has 1 aromatic heterocycles. The Morgan fingerprint density at radius 3 is 2.85 bits per heavy atom. The lowest BCUT2D eigenvalue weighted by Gasteiger charge is -2.33. The molecule has 1 saturated heterocycles. The number of nitrogens with one attached hydrogen (secondary N) is 1. The minimum atomic E-state index is -0.285. The molecule has 2 aromatic rings. The van der Waals surface area contributed by atoms with Crippen molar-refractivity contribution < 1.29 is 9.18 Å². The lowest BCUT2D eigenvalue weighted by Crippen LogP contribution is -2.45. The summed E-state index contributed by atoms with van der Waals surface area (Å²) >= 11 is 0. The van der Waals surface area contributed by atoms with Crippen LogP contribution >= 0.6 is 0 Å². The molecule has 0 bridgehead atoms. The van der Waals surface area contributed by atoms with E-state index in [0.29, 0.717) is 12.1 Å². The molecule has 0 spiro atoms. The van der Waals surface area contributed by atoms with Crippen LogP contribution in [-0.4, -0.2) is 33.6 Å². The molecule has 4 rings (SSSR count). The molecule has 5 nitrogen and oxygen atoms in total. The summed E-state index contributed by atoms with van der Waals surface area (Å²) in [5.74, 6) is 1.87. The van der Waals surface area contributed by atoms with Crippen LogP contribution in [0.5, 0.6) is 0 Å². The molecular formula is C21H27FN4O. The Balaban J connectivity index is 1.36. The number of carbonyl (C=O) groups is 1. The van der Waals surface area contributed by atoms with Gasteiger partial charge < -0.3 is 14.8 Å². The zero-order valence-electron chi connectivity index (χ0n) is 15.6. The number of likely N-dealkylation sites (tertiary alicyclic amines) is 1. The quantitative estimate of drug-likeness (QED) is 0.867. The molecular weight excluding hydrogens is 343 g/mol. The van der Waals surface area contributed by atoms with Crippen LogP contribution in [0.3, 0.4) is 0 Å². The van der Waals surface area contributed by atoms with Crippen LogP contribution in [0.4, 0.5) is 9.18 Å². The summed E-state index contributed by atoms with van der Waals surface area (Å²) in [5.41, 5.74) is 0.510. The Morgan fingerprint density at radius 2 is 2.07 bits per heavy atom. The lowest BCUT2D eigenvalue weighted by atomic mass is 9.85. The van der Waals surface area contributed by atoms with Crippen molar-refractivity contribution in [2.24, 2.45) is 5.92 Å². The predicted molar refractivity (Wildman–Crippen MR) is 102 cm³/mol. The van der Waals surface area contributed by atoms with Gasteiger partial charge in [0, 0.05) is 50.1 Å². The number of nitrogens with zero attached hydrogens (tertiary/aromatic N) is 3. The number of halogens is 1. The third-order valence-corrected chi connectivity index (χ3v) is 5.89. The summed E-state index contributed by atoms with van der Waals surface area (Å²) in [7, 11) is 0. The van der Waals surface area contributed by atoms with E-state index in [0.717, 1.165) is 37.7 Å². The Labute approximate surface area is 159 Å². The van der Waals surface area contributed by atoms with Crippen molar-refractivity contribution in [2.75, 3.05) is 13.1 Å². The molecule has 2 fully saturated rings. The van der Waals surface area contributed by atoms with Crippen LogP contribution in [0.25, 0.3) is 0 Å². The van der Waals surface area contributed by atoms with E-state index in [2.05, 4.69) is 21.1 Å². The highest BCUT2D eigenvalue weighted by atomic mass is 19.1. The summed E-state index contributed by atoms with van der Waals surface area (Å²) in [6.07, 6.45) is 9.94. The van der Waals surface area contributed by atoms with Gasteiger partial charge in [0.05, 0.1) is 0 Å². The van der Waals surface area contributed by atoms with Crippen molar-refractivity contribution in [1.82, 2.24) is 19.8 Å². The first kappa shape index (κ1) is 18.0. The molecule has 0 unspecified atom stereocenters. The molecule has 1 saturated carbocycles. The van der Waals surface area contributed by atoms with Crippen LogP contribution in [-0.2, 0) is 13.1 Å². The molecule has 2 aliphatic rings. The van der Waals surface area contributed by atoms with Gasteiger partial charge >= 0.3 is 6.03 Å². The number of carbonyl (C=O) groups excluding carboxylic acids is 1. The number of hydrogen-bond acceptors (Lipinski definition) is 2. The Hall–Kier alpha value is -2.37. The standard InChI is InChI=1S/C21H27FN4O/c22-19-9-2-1-7-17(19)13-24-21(27)26-11-4-8-18(15-26)20-23-10-12-25(20)14-16-5-3-6-16/h1-2,7,9-10,12,16,18H,3-6,8,11,13-15H2,(H,24,27)/t18-/m1/s1. The largest absolute Gasteiger partial charge is 0.334 e. The monoisotopic (exact) mass is 370 g/mol. The van der Waals surface area contributed by atoms with Crippen LogP contribution in [0.15, 0.2) is 36.7 Å². The van der Waals surface area contributed by atoms with Crippen molar-refractivity contribution in [2.45, 2.75) is 51.1 Å². The zero-order valence-corrected chi connectivity index (χ0v) is 15.6. The molecule has 2 amide bonds. The van der Waals surface area contributed by atoms with Gasteiger partial charge in [-0.2, -0.15) is 0 Å². The normalized spacial score (nSPS) is 20.3. The van der Waals surface area contributed by atoms with E-state index in [9.17, 15) is 9.18 Å². The molecule has 6 heteroatoms. The third kappa shape index (κ3) is 4.15. The third-order valence-electron chi connectivity index (χ3n) is 5.89.